The summed E-state index contributed by atoms with van der Waals surface area (Å²) in [5, 5.41) is 0. The second kappa shape index (κ2) is 8.09. The largest absolute Gasteiger partial charge is 0.162 e. The van der Waals surface area contributed by atoms with Crippen molar-refractivity contribution < 1.29 is 0 Å². The first kappa shape index (κ1) is 9.09. The Labute approximate surface area is 62.7 Å². The molecule has 0 bridgehead atoms. The molecule has 1 heteroatoms. The molecular formula is C8H16S. The summed E-state index contributed by atoms with van der Waals surface area (Å²) >= 11 is 2.01. The van der Waals surface area contributed by atoms with Gasteiger partial charge < -0.3 is 0 Å². The van der Waals surface area contributed by atoms with Gasteiger partial charge >= 0.3 is 0 Å². The van der Waals surface area contributed by atoms with Gasteiger partial charge in [0.05, 0.1) is 0 Å². The van der Waals surface area contributed by atoms with Crippen molar-refractivity contribution in [2.45, 2.75) is 26.7 Å². The summed E-state index contributed by atoms with van der Waals surface area (Å²) in [5.74, 6) is 2.53. The van der Waals surface area contributed by atoms with Crippen molar-refractivity contribution >= 4 is 11.8 Å². The third-order valence-corrected chi connectivity index (χ3v) is 1.97. The molecule has 0 saturated carbocycles. The van der Waals surface area contributed by atoms with Gasteiger partial charge in [-0.2, -0.15) is 11.8 Å². The van der Waals surface area contributed by atoms with Gasteiger partial charge in [-0.15, -0.1) is 0 Å². The lowest BCUT2D eigenvalue weighted by Crippen LogP contribution is -1.74. The van der Waals surface area contributed by atoms with E-state index in [0.717, 1.165) is 0 Å². The Morgan fingerprint density at radius 3 is 2.56 bits per heavy atom. The van der Waals surface area contributed by atoms with Crippen molar-refractivity contribution in [1.82, 2.24) is 0 Å². The normalized spacial score (nSPS) is 10.9. The van der Waals surface area contributed by atoms with E-state index in [0.29, 0.717) is 0 Å². The quantitative estimate of drug-likeness (QED) is 0.422. The highest BCUT2D eigenvalue weighted by Crippen LogP contribution is 2.01. The minimum atomic E-state index is 1.18. The lowest BCUT2D eigenvalue weighted by Gasteiger charge is -1.90. The van der Waals surface area contributed by atoms with Crippen molar-refractivity contribution in [3.05, 3.63) is 12.2 Å². The molecule has 0 aromatic carbocycles. The first-order valence-electron chi connectivity index (χ1n) is 3.64. The first-order valence-corrected chi connectivity index (χ1v) is 4.80. The molecule has 0 aliphatic rings. The van der Waals surface area contributed by atoms with E-state index in [2.05, 4.69) is 26.0 Å². The van der Waals surface area contributed by atoms with Gasteiger partial charge in [-0.05, 0) is 24.3 Å². The molecule has 0 rings (SSSR count). The van der Waals surface area contributed by atoms with Gasteiger partial charge in [0.1, 0.15) is 0 Å². The number of hydrogen-bond acceptors (Lipinski definition) is 1. The highest BCUT2D eigenvalue weighted by Gasteiger charge is 1.79. The van der Waals surface area contributed by atoms with Crippen LogP contribution in [0, 0.1) is 0 Å². The summed E-state index contributed by atoms with van der Waals surface area (Å²) in [6.07, 6.45) is 6.92. The molecule has 0 aromatic heterocycles. The average molecular weight is 144 g/mol. The van der Waals surface area contributed by atoms with Crippen molar-refractivity contribution in [3.8, 4) is 0 Å². The van der Waals surface area contributed by atoms with Crippen molar-refractivity contribution in [2.24, 2.45) is 0 Å². The molecule has 54 valence electrons. The predicted molar refractivity (Wildman–Crippen MR) is 47.0 cm³/mol. The fourth-order valence-electron chi connectivity index (χ4n) is 0.580. The monoisotopic (exact) mass is 144 g/mol. The van der Waals surface area contributed by atoms with Crippen LogP contribution in [0.4, 0.5) is 0 Å². The molecule has 0 heterocycles. The Kier molecular flexibility index (Phi) is 8.17. The second-order valence-corrected chi connectivity index (χ2v) is 3.26. The van der Waals surface area contributed by atoms with Gasteiger partial charge in [-0.3, -0.25) is 0 Å². The maximum absolute atomic E-state index is 2.27. The van der Waals surface area contributed by atoms with E-state index < -0.39 is 0 Å². The van der Waals surface area contributed by atoms with E-state index in [-0.39, 0.29) is 0 Å². The van der Waals surface area contributed by atoms with Crippen molar-refractivity contribution in [3.63, 3.8) is 0 Å². The average Bonchev–Trinajstić information content (AvgIpc) is 1.89. The van der Waals surface area contributed by atoms with Crippen LogP contribution in [0.1, 0.15) is 26.7 Å². The van der Waals surface area contributed by atoms with Crippen LogP contribution in [-0.4, -0.2) is 11.5 Å². The first-order chi connectivity index (χ1) is 4.41. The highest BCUT2D eigenvalue weighted by molar-refractivity contribution is 7.99. The third kappa shape index (κ3) is 8.09. The molecule has 0 saturated heterocycles. The summed E-state index contributed by atoms with van der Waals surface area (Å²) in [4.78, 5) is 0. The minimum Gasteiger partial charge on any atom is -0.162 e. The van der Waals surface area contributed by atoms with E-state index in [1.165, 1.54) is 24.3 Å². The molecule has 0 amide bonds. The molecule has 9 heavy (non-hydrogen) atoms. The number of rotatable bonds is 5. The van der Waals surface area contributed by atoms with Crippen LogP contribution in [0.2, 0.25) is 0 Å². The summed E-state index contributed by atoms with van der Waals surface area (Å²) < 4.78 is 0. The summed E-state index contributed by atoms with van der Waals surface area (Å²) in [7, 11) is 0. The SMILES string of the molecule is CC/C=C\CCSCC. The molecule has 0 radical (unpaired) electrons. The maximum Gasteiger partial charge on any atom is -0.00330 e. The molecule has 0 aliphatic carbocycles. The van der Waals surface area contributed by atoms with Gasteiger partial charge in [0.15, 0.2) is 0 Å². The van der Waals surface area contributed by atoms with Crippen LogP contribution < -0.4 is 0 Å². The van der Waals surface area contributed by atoms with Crippen LogP contribution in [0.25, 0.3) is 0 Å². The Balaban J connectivity index is 2.82. The predicted octanol–water partition coefficient (Wildman–Crippen LogP) is 3.10. The highest BCUT2D eigenvalue weighted by atomic mass is 32.2. The van der Waals surface area contributed by atoms with Crippen LogP contribution in [0.15, 0.2) is 12.2 Å². The van der Waals surface area contributed by atoms with Gasteiger partial charge in [0.25, 0.3) is 0 Å². The molecule has 0 nitrogen and oxygen atoms in total. The zero-order chi connectivity index (χ0) is 6.95. The molecule has 0 unspecified atom stereocenters. The molecule has 0 aromatic rings. The lowest BCUT2D eigenvalue weighted by atomic mass is 10.4. The summed E-state index contributed by atoms with van der Waals surface area (Å²) in [6, 6.07) is 0. The van der Waals surface area contributed by atoms with Crippen LogP contribution >= 0.6 is 11.8 Å². The molecule has 0 spiro atoms. The van der Waals surface area contributed by atoms with E-state index in [1.54, 1.807) is 0 Å². The Hall–Kier alpha value is 0.0900. The lowest BCUT2D eigenvalue weighted by molar-refractivity contribution is 1.16. The fourth-order valence-corrected chi connectivity index (χ4v) is 1.17. The molecule has 0 fully saturated rings. The second-order valence-electron chi connectivity index (χ2n) is 1.87. The molecule has 0 atom stereocenters. The standard InChI is InChI=1S/C8H16S/c1-3-5-6-7-8-9-4-2/h5-6H,3-4,7-8H2,1-2H3/b6-5-. The summed E-state index contributed by atoms with van der Waals surface area (Å²) in [6.45, 7) is 4.37. The van der Waals surface area contributed by atoms with Crippen molar-refractivity contribution in [1.29, 1.82) is 0 Å². The zero-order valence-electron chi connectivity index (χ0n) is 6.39. The number of allylic oxidation sites excluding steroid dienone is 2. The zero-order valence-corrected chi connectivity index (χ0v) is 7.21. The van der Waals surface area contributed by atoms with Gasteiger partial charge in [-0.1, -0.05) is 26.0 Å². The number of thioether (sulfide) groups is 1. The molecular weight excluding hydrogens is 128 g/mol. The Bertz CT molecular complexity index is 67.0. The summed E-state index contributed by atoms with van der Waals surface area (Å²) in [5.41, 5.74) is 0. The Morgan fingerprint density at radius 1 is 1.22 bits per heavy atom. The van der Waals surface area contributed by atoms with Crippen molar-refractivity contribution in [2.75, 3.05) is 11.5 Å². The van der Waals surface area contributed by atoms with E-state index in [1.807, 2.05) is 11.8 Å². The molecule has 0 aliphatic heterocycles. The fraction of sp³-hybridized carbons (Fsp3) is 0.750. The van der Waals surface area contributed by atoms with Crippen LogP contribution in [0.3, 0.4) is 0 Å². The van der Waals surface area contributed by atoms with Crippen LogP contribution in [-0.2, 0) is 0 Å². The minimum absolute atomic E-state index is 1.18. The maximum atomic E-state index is 2.27. The Morgan fingerprint density at radius 2 is 2.00 bits per heavy atom. The molecule has 0 N–H and O–H groups in total. The van der Waals surface area contributed by atoms with Gasteiger partial charge in [0, 0.05) is 0 Å². The number of hydrogen-bond donors (Lipinski definition) is 0. The van der Waals surface area contributed by atoms with Gasteiger partial charge in [-0.25, -0.2) is 0 Å². The third-order valence-electron chi connectivity index (χ3n) is 1.04. The van der Waals surface area contributed by atoms with Gasteiger partial charge in [0.2, 0.25) is 0 Å². The smallest absolute Gasteiger partial charge is 0.00330 e. The van der Waals surface area contributed by atoms with Crippen LogP contribution in [0.5, 0.6) is 0 Å². The van der Waals surface area contributed by atoms with E-state index in [4.69, 9.17) is 0 Å². The van der Waals surface area contributed by atoms with E-state index >= 15 is 0 Å². The van der Waals surface area contributed by atoms with E-state index in [9.17, 15) is 0 Å². The topological polar surface area (TPSA) is 0 Å².